The summed E-state index contributed by atoms with van der Waals surface area (Å²) in [6.45, 7) is 1.55. The van der Waals surface area contributed by atoms with E-state index in [1.165, 1.54) is 0 Å². The fourth-order valence-corrected chi connectivity index (χ4v) is 3.56. The van der Waals surface area contributed by atoms with E-state index in [0.717, 1.165) is 52.1 Å². The molecule has 2 aliphatic rings. The Hall–Kier alpha value is -1.19. The third kappa shape index (κ3) is 1.61. The molecule has 0 amide bonds. The van der Waals surface area contributed by atoms with Gasteiger partial charge in [0.05, 0.1) is 17.9 Å². The Bertz CT molecular complexity index is 527. The molecule has 3 rings (SSSR count). The summed E-state index contributed by atoms with van der Waals surface area (Å²) < 4.78 is 2.22. The van der Waals surface area contributed by atoms with E-state index >= 15 is 0 Å². The lowest BCUT2D eigenvalue weighted by Crippen LogP contribution is -2.35. The zero-order chi connectivity index (χ0) is 11.8. The van der Waals surface area contributed by atoms with E-state index in [0.29, 0.717) is 6.67 Å². The van der Waals surface area contributed by atoms with Crippen LogP contribution in [0.15, 0.2) is 0 Å². The van der Waals surface area contributed by atoms with E-state index in [9.17, 15) is 5.26 Å². The highest BCUT2D eigenvalue weighted by Crippen LogP contribution is 2.32. The molecule has 1 aromatic heterocycles. The molecule has 1 aromatic rings. The van der Waals surface area contributed by atoms with E-state index in [1.54, 1.807) is 0 Å². The zero-order valence-corrected chi connectivity index (χ0v) is 10.9. The topological polar surface area (TPSA) is 52.8 Å². The molecule has 3 heterocycles. The van der Waals surface area contributed by atoms with Gasteiger partial charge in [-0.1, -0.05) is 12.2 Å². The summed E-state index contributed by atoms with van der Waals surface area (Å²) >= 11 is 7.30. The van der Waals surface area contributed by atoms with Gasteiger partial charge in [-0.15, -0.1) is 0 Å². The Kier molecular flexibility index (Phi) is 2.73. The summed E-state index contributed by atoms with van der Waals surface area (Å²) in [5, 5.41) is 15.7. The Morgan fingerprint density at radius 2 is 2.24 bits per heavy atom. The number of nitriles is 1. The van der Waals surface area contributed by atoms with Crippen LogP contribution in [0.2, 0.25) is 0 Å². The van der Waals surface area contributed by atoms with Crippen LogP contribution >= 0.6 is 24.0 Å². The number of fused-ring (bicyclic) bond motifs is 3. The smallest absolute Gasteiger partial charge is 0.126 e. The first kappa shape index (κ1) is 10.9. The molecular formula is C11H12N4S2. The number of nitrogens with one attached hydrogen (secondary N) is 2. The standard InChI is InChI=1S/C11H12N4S2/c12-5-7-8-1-3-17-4-2-15(8)10-9(7)13-6-14-11(10)16/h13H,1-4,6H2,(H,14,16). The molecule has 0 aromatic carbocycles. The van der Waals surface area contributed by atoms with Crippen LogP contribution in [-0.2, 0) is 13.0 Å². The maximum atomic E-state index is 9.34. The number of thioether (sulfide) groups is 1. The highest BCUT2D eigenvalue weighted by atomic mass is 32.2. The van der Waals surface area contributed by atoms with Crippen LogP contribution in [-0.4, -0.2) is 27.7 Å². The molecule has 2 N–H and O–H groups in total. The predicted molar refractivity (Wildman–Crippen MR) is 73.5 cm³/mol. The molecule has 0 aliphatic carbocycles. The van der Waals surface area contributed by atoms with Crippen molar-refractivity contribution in [1.29, 1.82) is 5.26 Å². The van der Waals surface area contributed by atoms with Crippen LogP contribution in [0.5, 0.6) is 0 Å². The van der Waals surface area contributed by atoms with Crippen molar-refractivity contribution in [1.82, 2.24) is 9.88 Å². The maximum Gasteiger partial charge on any atom is 0.126 e. The van der Waals surface area contributed by atoms with Crippen molar-refractivity contribution in [3.8, 4) is 6.07 Å². The van der Waals surface area contributed by atoms with Gasteiger partial charge < -0.3 is 15.2 Å². The lowest BCUT2D eigenvalue weighted by molar-refractivity contribution is 0.728. The molecule has 6 heteroatoms. The molecule has 0 spiro atoms. The largest absolute Gasteiger partial charge is 0.365 e. The summed E-state index contributed by atoms with van der Waals surface area (Å²) in [6.07, 6.45) is 0.949. The molecule has 2 aliphatic heterocycles. The molecule has 4 nitrogen and oxygen atoms in total. The Balaban J connectivity index is 2.24. The molecule has 0 fully saturated rings. The van der Waals surface area contributed by atoms with E-state index in [4.69, 9.17) is 12.2 Å². The highest BCUT2D eigenvalue weighted by Gasteiger charge is 2.28. The van der Waals surface area contributed by atoms with E-state index < -0.39 is 0 Å². The second kappa shape index (κ2) is 4.24. The van der Waals surface area contributed by atoms with E-state index in [-0.39, 0.29) is 0 Å². The van der Waals surface area contributed by atoms with Crippen molar-refractivity contribution >= 4 is 34.7 Å². The van der Waals surface area contributed by atoms with Crippen molar-refractivity contribution < 1.29 is 0 Å². The van der Waals surface area contributed by atoms with Crippen molar-refractivity contribution in [2.45, 2.75) is 13.0 Å². The summed E-state index contributed by atoms with van der Waals surface area (Å²) in [6, 6.07) is 2.33. The van der Waals surface area contributed by atoms with Crippen LogP contribution in [0.1, 0.15) is 17.0 Å². The summed E-state index contributed by atoms with van der Waals surface area (Å²) in [5.74, 6) is 2.17. The minimum Gasteiger partial charge on any atom is -0.365 e. The first-order chi connectivity index (χ1) is 8.33. The van der Waals surface area contributed by atoms with E-state index in [1.807, 2.05) is 11.8 Å². The average molecular weight is 264 g/mol. The maximum absolute atomic E-state index is 9.34. The molecule has 0 unspecified atom stereocenters. The fourth-order valence-electron chi connectivity index (χ4n) is 2.43. The monoisotopic (exact) mass is 264 g/mol. The van der Waals surface area contributed by atoms with E-state index in [2.05, 4.69) is 21.3 Å². The highest BCUT2D eigenvalue weighted by molar-refractivity contribution is 7.99. The van der Waals surface area contributed by atoms with Gasteiger partial charge in [-0.3, -0.25) is 0 Å². The van der Waals surface area contributed by atoms with Crippen molar-refractivity contribution in [3.63, 3.8) is 0 Å². The van der Waals surface area contributed by atoms with Gasteiger partial charge in [0.15, 0.2) is 0 Å². The van der Waals surface area contributed by atoms with Crippen molar-refractivity contribution in [3.05, 3.63) is 17.0 Å². The number of thiocarbonyl (C=S) groups is 1. The lowest BCUT2D eigenvalue weighted by Gasteiger charge is -2.20. The van der Waals surface area contributed by atoms with Crippen LogP contribution in [0.25, 0.3) is 0 Å². The van der Waals surface area contributed by atoms with Gasteiger partial charge in [0.1, 0.15) is 16.8 Å². The zero-order valence-electron chi connectivity index (χ0n) is 9.25. The number of hydrogen-bond acceptors (Lipinski definition) is 4. The normalized spacial score (nSPS) is 18.2. The first-order valence-electron chi connectivity index (χ1n) is 5.58. The minimum absolute atomic E-state index is 0.610. The van der Waals surface area contributed by atoms with Gasteiger partial charge in [-0.25, -0.2) is 0 Å². The molecule has 0 atom stereocenters. The minimum atomic E-state index is 0.610. The summed E-state index contributed by atoms with van der Waals surface area (Å²) in [5.41, 5.74) is 3.85. The molecule has 0 saturated heterocycles. The SMILES string of the molecule is N#Cc1c2c(n3c1CCSCC3)C(=S)NCN2. The van der Waals surface area contributed by atoms with Crippen LogP contribution in [0.4, 0.5) is 5.69 Å². The number of anilines is 1. The fraction of sp³-hybridized carbons (Fsp3) is 0.455. The molecule has 88 valence electrons. The van der Waals surface area contributed by atoms with Gasteiger partial charge >= 0.3 is 0 Å². The third-order valence-electron chi connectivity index (χ3n) is 3.15. The van der Waals surface area contributed by atoms with Gasteiger partial charge in [-0.2, -0.15) is 17.0 Å². The summed E-state index contributed by atoms with van der Waals surface area (Å²) in [7, 11) is 0. The van der Waals surface area contributed by atoms with Gasteiger partial charge in [0.25, 0.3) is 0 Å². The average Bonchev–Trinajstić information content (AvgIpc) is 2.49. The second-order valence-corrected chi connectivity index (χ2v) is 5.66. The predicted octanol–water partition coefficient (Wildman–Crippen LogP) is 1.30. The van der Waals surface area contributed by atoms with Crippen molar-refractivity contribution in [2.75, 3.05) is 23.5 Å². The number of rotatable bonds is 0. The van der Waals surface area contributed by atoms with Crippen LogP contribution in [0.3, 0.4) is 0 Å². The lowest BCUT2D eigenvalue weighted by atomic mass is 10.1. The molecule has 17 heavy (non-hydrogen) atoms. The first-order valence-corrected chi connectivity index (χ1v) is 7.14. The second-order valence-electron chi connectivity index (χ2n) is 4.03. The Morgan fingerprint density at radius 3 is 3.06 bits per heavy atom. The number of aromatic nitrogens is 1. The number of hydrogen-bond donors (Lipinski definition) is 2. The molecular weight excluding hydrogens is 252 g/mol. The van der Waals surface area contributed by atoms with Gasteiger partial charge in [0, 0.05) is 18.0 Å². The number of nitrogens with zero attached hydrogens (tertiary/aromatic N) is 2. The van der Waals surface area contributed by atoms with Gasteiger partial charge in [0.2, 0.25) is 0 Å². The molecule has 0 saturated carbocycles. The summed E-state index contributed by atoms with van der Waals surface area (Å²) in [4.78, 5) is 0.758. The Morgan fingerprint density at radius 1 is 1.35 bits per heavy atom. The van der Waals surface area contributed by atoms with Gasteiger partial charge in [-0.05, 0) is 12.2 Å². The van der Waals surface area contributed by atoms with Crippen molar-refractivity contribution in [2.24, 2.45) is 0 Å². The van der Waals surface area contributed by atoms with Crippen LogP contribution in [0, 0.1) is 11.3 Å². The molecule has 0 bridgehead atoms. The molecule has 0 radical (unpaired) electrons. The Labute approximate surface area is 109 Å². The quantitative estimate of drug-likeness (QED) is 0.692. The third-order valence-corrected chi connectivity index (χ3v) is 4.46. The van der Waals surface area contributed by atoms with Crippen LogP contribution < -0.4 is 10.6 Å².